The van der Waals surface area contributed by atoms with E-state index in [1.54, 1.807) is 0 Å². The Kier molecular flexibility index (Phi) is 4.22. The maximum absolute atomic E-state index is 11.2. The molecule has 1 aromatic carbocycles. The van der Waals surface area contributed by atoms with Gasteiger partial charge in [0.1, 0.15) is 6.61 Å². The quantitative estimate of drug-likeness (QED) is 0.813. The maximum atomic E-state index is 11.2. The molecule has 21 heavy (non-hydrogen) atoms. The summed E-state index contributed by atoms with van der Waals surface area (Å²) in [5, 5.41) is 17.1. The summed E-state index contributed by atoms with van der Waals surface area (Å²) in [6.45, 7) is -0.501. The molecule has 3 rings (SSSR count). The van der Waals surface area contributed by atoms with Gasteiger partial charge in [-0.05, 0) is 54.5 Å². The number of nitrogens with one attached hydrogen (secondary N) is 2. The van der Waals surface area contributed by atoms with Crippen LogP contribution in [0.2, 0.25) is 0 Å². The number of hydrogen-bond donors (Lipinski definition) is 3. The van der Waals surface area contributed by atoms with E-state index in [1.807, 2.05) is 35.6 Å². The molecule has 3 N–H and O–H groups in total. The Bertz CT molecular complexity index is 639. The summed E-state index contributed by atoms with van der Waals surface area (Å²) in [6, 6.07) is 10.1. The number of rotatable bonds is 4. The molecule has 0 aliphatic heterocycles. The highest BCUT2D eigenvalue weighted by Crippen LogP contribution is 2.35. The third kappa shape index (κ3) is 3.25. The SMILES string of the molecule is O=C(CO)Nc1cccc(NC2CCCc3sccc32)c1. The van der Waals surface area contributed by atoms with Gasteiger partial charge in [0.15, 0.2) is 0 Å². The molecule has 0 radical (unpaired) electrons. The molecule has 0 saturated carbocycles. The van der Waals surface area contributed by atoms with Crippen molar-refractivity contribution < 1.29 is 9.90 Å². The number of aryl methyl sites for hydroxylation is 1. The molecule has 1 atom stereocenters. The first-order valence-electron chi connectivity index (χ1n) is 7.10. The van der Waals surface area contributed by atoms with Gasteiger partial charge in [-0.2, -0.15) is 0 Å². The van der Waals surface area contributed by atoms with Crippen molar-refractivity contribution in [2.45, 2.75) is 25.3 Å². The summed E-state index contributed by atoms with van der Waals surface area (Å²) in [6.07, 6.45) is 3.50. The second-order valence-electron chi connectivity index (χ2n) is 5.18. The molecule has 4 nitrogen and oxygen atoms in total. The van der Waals surface area contributed by atoms with E-state index < -0.39 is 12.5 Å². The number of carbonyl (C=O) groups is 1. The summed E-state index contributed by atoms with van der Waals surface area (Å²) >= 11 is 1.83. The van der Waals surface area contributed by atoms with Crippen LogP contribution >= 0.6 is 11.3 Å². The lowest BCUT2D eigenvalue weighted by molar-refractivity contribution is -0.118. The van der Waals surface area contributed by atoms with Crippen LogP contribution in [0, 0.1) is 0 Å². The van der Waals surface area contributed by atoms with Crippen molar-refractivity contribution >= 4 is 28.6 Å². The van der Waals surface area contributed by atoms with Gasteiger partial charge in [-0.25, -0.2) is 0 Å². The summed E-state index contributed by atoms with van der Waals surface area (Å²) in [5.41, 5.74) is 3.08. The van der Waals surface area contributed by atoms with Crippen LogP contribution in [0.25, 0.3) is 0 Å². The van der Waals surface area contributed by atoms with Gasteiger partial charge in [-0.1, -0.05) is 6.07 Å². The zero-order chi connectivity index (χ0) is 14.7. The Morgan fingerprint density at radius 1 is 1.33 bits per heavy atom. The predicted octanol–water partition coefficient (Wildman–Crippen LogP) is 3.17. The molecule has 1 aliphatic rings. The van der Waals surface area contributed by atoms with E-state index in [0.29, 0.717) is 11.7 Å². The van der Waals surface area contributed by atoms with E-state index >= 15 is 0 Å². The van der Waals surface area contributed by atoms with Crippen molar-refractivity contribution in [1.29, 1.82) is 0 Å². The molecule has 0 bridgehead atoms. The smallest absolute Gasteiger partial charge is 0.250 e. The summed E-state index contributed by atoms with van der Waals surface area (Å²) in [5.74, 6) is -0.398. The van der Waals surface area contributed by atoms with Crippen molar-refractivity contribution in [3.8, 4) is 0 Å². The zero-order valence-electron chi connectivity index (χ0n) is 11.6. The van der Waals surface area contributed by atoms with E-state index in [1.165, 1.54) is 23.3 Å². The minimum atomic E-state index is -0.501. The van der Waals surface area contributed by atoms with Crippen molar-refractivity contribution in [2.75, 3.05) is 17.2 Å². The summed E-state index contributed by atoms with van der Waals surface area (Å²) in [4.78, 5) is 12.7. The molecule has 0 spiro atoms. The first kappa shape index (κ1) is 14.1. The Balaban J connectivity index is 1.74. The van der Waals surface area contributed by atoms with Gasteiger partial charge in [-0.3, -0.25) is 4.79 Å². The number of aliphatic hydroxyl groups excluding tert-OH is 1. The molecule has 1 amide bonds. The fourth-order valence-electron chi connectivity index (χ4n) is 2.72. The van der Waals surface area contributed by atoms with Crippen molar-refractivity contribution in [1.82, 2.24) is 0 Å². The van der Waals surface area contributed by atoms with Crippen LogP contribution < -0.4 is 10.6 Å². The average molecular weight is 302 g/mol. The van der Waals surface area contributed by atoms with Crippen molar-refractivity contribution in [2.24, 2.45) is 0 Å². The normalized spacial score (nSPS) is 17.1. The van der Waals surface area contributed by atoms with Gasteiger partial charge in [0.05, 0.1) is 6.04 Å². The van der Waals surface area contributed by atoms with E-state index in [-0.39, 0.29) is 0 Å². The van der Waals surface area contributed by atoms with Gasteiger partial charge in [0.2, 0.25) is 5.91 Å². The fourth-order valence-corrected chi connectivity index (χ4v) is 3.71. The van der Waals surface area contributed by atoms with Gasteiger partial charge in [0, 0.05) is 16.3 Å². The topological polar surface area (TPSA) is 61.4 Å². The van der Waals surface area contributed by atoms with Crippen LogP contribution in [-0.4, -0.2) is 17.6 Å². The minimum Gasteiger partial charge on any atom is -0.387 e. The highest BCUT2D eigenvalue weighted by molar-refractivity contribution is 7.10. The number of thiophene rings is 1. The maximum Gasteiger partial charge on any atom is 0.250 e. The second-order valence-corrected chi connectivity index (χ2v) is 6.18. The largest absolute Gasteiger partial charge is 0.387 e. The molecule has 1 aliphatic carbocycles. The average Bonchev–Trinajstić information content (AvgIpc) is 2.97. The molecular formula is C16H18N2O2S. The monoisotopic (exact) mass is 302 g/mol. The number of aliphatic hydroxyl groups is 1. The lowest BCUT2D eigenvalue weighted by atomic mass is 9.94. The molecule has 1 aromatic heterocycles. The number of amides is 1. The van der Waals surface area contributed by atoms with Crippen LogP contribution in [0.4, 0.5) is 11.4 Å². The van der Waals surface area contributed by atoms with E-state index in [4.69, 9.17) is 5.11 Å². The zero-order valence-corrected chi connectivity index (χ0v) is 12.5. The Labute approximate surface area is 127 Å². The van der Waals surface area contributed by atoms with Crippen LogP contribution in [0.5, 0.6) is 0 Å². The van der Waals surface area contributed by atoms with Crippen LogP contribution in [-0.2, 0) is 11.2 Å². The lowest BCUT2D eigenvalue weighted by Gasteiger charge is -2.25. The van der Waals surface area contributed by atoms with Crippen LogP contribution in [0.1, 0.15) is 29.3 Å². The molecule has 1 heterocycles. The van der Waals surface area contributed by atoms with Gasteiger partial charge >= 0.3 is 0 Å². The number of carbonyl (C=O) groups excluding carboxylic acids is 1. The standard InChI is InChI=1S/C16H18N2O2S/c19-10-16(20)18-12-4-1-3-11(9-12)17-14-5-2-6-15-13(14)7-8-21-15/h1,3-4,7-9,14,17,19H,2,5-6,10H2,(H,18,20). The first-order chi connectivity index (χ1) is 10.3. The Morgan fingerprint density at radius 2 is 2.19 bits per heavy atom. The van der Waals surface area contributed by atoms with Crippen LogP contribution in [0.15, 0.2) is 35.7 Å². The number of anilines is 2. The third-order valence-electron chi connectivity index (χ3n) is 3.68. The highest BCUT2D eigenvalue weighted by Gasteiger charge is 2.20. The van der Waals surface area contributed by atoms with Gasteiger partial charge in [0.25, 0.3) is 0 Å². The lowest BCUT2D eigenvalue weighted by Crippen LogP contribution is -2.17. The minimum absolute atomic E-state index is 0.337. The first-order valence-corrected chi connectivity index (χ1v) is 7.98. The van der Waals surface area contributed by atoms with Crippen molar-refractivity contribution in [3.05, 3.63) is 46.2 Å². The van der Waals surface area contributed by atoms with Crippen LogP contribution in [0.3, 0.4) is 0 Å². The number of hydrogen-bond acceptors (Lipinski definition) is 4. The van der Waals surface area contributed by atoms with Gasteiger partial charge < -0.3 is 15.7 Å². The summed E-state index contributed by atoms with van der Waals surface area (Å²) < 4.78 is 0. The summed E-state index contributed by atoms with van der Waals surface area (Å²) in [7, 11) is 0. The molecule has 2 aromatic rings. The molecule has 0 saturated heterocycles. The predicted molar refractivity (Wildman–Crippen MR) is 85.8 cm³/mol. The Hall–Kier alpha value is -1.85. The van der Waals surface area contributed by atoms with Gasteiger partial charge in [-0.15, -0.1) is 11.3 Å². The molecule has 1 unspecified atom stereocenters. The number of benzene rings is 1. The molecule has 5 heteroatoms. The van der Waals surface area contributed by atoms with Crippen molar-refractivity contribution in [3.63, 3.8) is 0 Å². The van der Waals surface area contributed by atoms with E-state index in [2.05, 4.69) is 22.1 Å². The fraction of sp³-hybridized carbons (Fsp3) is 0.312. The Morgan fingerprint density at radius 3 is 3.05 bits per heavy atom. The van der Waals surface area contributed by atoms with E-state index in [9.17, 15) is 4.79 Å². The molecule has 0 fully saturated rings. The molecular weight excluding hydrogens is 284 g/mol. The highest BCUT2D eigenvalue weighted by atomic mass is 32.1. The molecule has 110 valence electrons. The third-order valence-corrected chi connectivity index (χ3v) is 4.68. The number of fused-ring (bicyclic) bond motifs is 1. The van der Waals surface area contributed by atoms with E-state index in [0.717, 1.165) is 12.1 Å². The second kappa shape index (κ2) is 6.28.